The Balaban J connectivity index is 2.38. The predicted molar refractivity (Wildman–Crippen MR) is 88.3 cm³/mol. The number of ketones is 3. The summed E-state index contributed by atoms with van der Waals surface area (Å²) in [4.78, 5) is 37.9. The zero-order chi connectivity index (χ0) is 16.7. The Hall–Kier alpha value is -3.07. The number of carbonyl (C=O) groups excluding carboxylic acids is 3. The SMILES string of the molecule is C=CC1=C(C=C)C(=C2C(=O)c3ccccc3C2=O)/C(=C\C)C1=O. The fourth-order valence-electron chi connectivity index (χ4n) is 3.10. The van der Waals surface area contributed by atoms with Gasteiger partial charge in [-0.1, -0.05) is 55.7 Å². The molecule has 0 N–H and O–H groups in total. The zero-order valence-electron chi connectivity index (χ0n) is 12.7. The van der Waals surface area contributed by atoms with E-state index < -0.39 is 0 Å². The van der Waals surface area contributed by atoms with Crippen LogP contribution in [-0.2, 0) is 4.79 Å². The van der Waals surface area contributed by atoms with Crippen molar-refractivity contribution in [2.24, 2.45) is 0 Å². The number of Topliss-reactive ketones (excluding diaryl/α,β-unsaturated/α-hetero) is 3. The van der Waals surface area contributed by atoms with Gasteiger partial charge in [0.25, 0.3) is 0 Å². The molecule has 0 saturated carbocycles. The van der Waals surface area contributed by atoms with Crippen molar-refractivity contribution in [3.05, 3.63) is 94.6 Å². The topological polar surface area (TPSA) is 51.2 Å². The number of hydrogen-bond acceptors (Lipinski definition) is 3. The van der Waals surface area contributed by atoms with E-state index in [2.05, 4.69) is 13.2 Å². The van der Waals surface area contributed by atoms with Gasteiger partial charge < -0.3 is 0 Å². The molecule has 0 atom stereocenters. The lowest BCUT2D eigenvalue weighted by molar-refractivity contribution is -0.111. The maximum atomic E-state index is 12.7. The Bertz CT molecular complexity index is 868. The summed E-state index contributed by atoms with van der Waals surface area (Å²) in [5.74, 6) is -0.939. The molecule has 0 amide bonds. The van der Waals surface area contributed by atoms with Gasteiger partial charge in [-0.15, -0.1) is 0 Å². The third-order valence-corrected chi connectivity index (χ3v) is 4.14. The Morgan fingerprint density at radius 2 is 1.30 bits per heavy atom. The minimum absolute atomic E-state index is 0.0411. The van der Waals surface area contributed by atoms with Gasteiger partial charge in [-0.2, -0.15) is 0 Å². The summed E-state index contributed by atoms with van der Waals surface area (Å²) in [6, 6.07) is 6.68. The van der Waals surface area contributed by atoms with Crippen LogP contribution >= 0.6 is 0 Å². The van der Waals surface area contributed by atoms with E-state index in [1.807, 2.05) is 0 Å². The normalized spacial score (nSPS) is 19.0. The lowest BCUT2D eigenvalue weighted by Gasteiger charge is -2.06. The van der Waals surface area contributed by atoms with Crippen LogP contribution in [-0.4, -0.2) is 17.3 Å². The molecule has 3 heteroatoms. The first-order chi connectivity index (χ1) is 11.1. The number of hydrogen-bond donors (Lipinski definition) is 0. The second-order valence-corrected chi connectivity index (χ2v) is 5.22. The van der Waals surface area contributed by atoms with Gasteiger partial charge in [-0.05, 0) is 12.5 Å². The highest BCUT2D eigenvalue weighted by atomic mass is 16.2. The second-order valence-electron chi connectivity index (χ2n) is 5.22. The van der Waals surface area contributed by atoms with Crippen LogP contribution in [0.3, 0.4) is 0 Å². The molecule has 3 rings (SSSR count). The van der Waals surface area contributed by atoms with Gasteiger partial charge in [0.15, 0.2) is 17.3 Å². The fourth-order valence-corrected chi connectivity index (χ4v) is 3.10. The molecular formula is C20H14O3. The third kappa shape index (κ3) is 1.87. The minimum Gasteiger partial charge on any atom is -0.289 e. The monoisotopic (exact) mass is 302 g/mol. The summed E-state index contributed by atoms with van der Waals surface area (Å²) in [6.45, 7) is 9.08. The second kappa shape index (κ2) is 5.29. The smallest absolute Gasteiger partial charge is 0.198 e. The van der Waals surface area contributed by atoms with Crippen LogP contribution in [0.15, 0.2) is 83.5 Å². The molecule has 0 fully saturated rings. The number of allylic oxidation sites excluding steroid dienone is 8. The Morgan fingerprint density at radius 3 is 1.74 bits per heavy atom. The average Bonchev–Trinajstić information content (AvgIpc) is 2.98. The molecule has 1 aromatic rings. The van der Waals surface area contributed by atoms with Crippen molar-refractivity contribution in [1.82, 2.24) is 0 Å². The van der Waals surface area contributed by atoms with E-state index in [1.165, 1.54) is 12.2 Å². The van der Waals surface area contributed by atoms with Crippen molar-refractivity contribution in [3.8, 4) is 0 Å². The Morgan fingerprint density at radius 1 is 0.783 bits per heavy atom. The molecule has 0 aromatic heterocycles. The van der Waals surface area contributed by atoms with Gasteiger partial charge in [0.05, 0.1) is 5.57 Å². The van der Waals surface area contributed by atoms with Crippen molar-refractivity contribution in [2.45, 2.75) is 6.92 Å². The van der Waals surface area contributed by atoms with Gasteiger partial charge in [0, 0.05) is 27.8 Å². The van der Waals surface area contributed by atoms with E-state index in [-0.39, 0.29) is 22.9 Å². The number of carbonyl (C=O) groups is 3. The molecule has 2 aliphatic rings. The van der Waals surface area contributed by atoms with Gasteiger partial charge >= 0.3 is 0 Å². The van der Waals surface area contributed by atoms with E-state index >= 15 is 0 Å². The van der Waals surface area contributed by atoms with Crippen LogP contribution in [0.1, 0.15) is 27.6 Å². The molecule has 2 aliphatic carbocycles. The average molecular weight is 302 g/mol. The fraction of sp³-hybridized carbons (Fsp3) is 0.0500. The molecule has 112 valence electrons. The molecule has 0 spiro atoms. The molecule has 0 aliphatic heterocycles. The predicted octanol–water partition coefficient (Wildman–Crippen LogP) is 3.56. The van der Waals surface area contributed by atoms with Gasteiger partial charge in [-0.3, -0.25) is 14.4 Å². The summed E-state index contributed by atoms with van der Waals surface area (Å²) < 4.78 is 0. The van der Waals surface area contributed by atoms with E-state index in [1.54, 1.807) is 37.3 Å². The highest BCUT2D eigenvalue weighted by Gasteiger charge is 2.40. The van der Waals surface area contributed by atoms with Crippen LogP contribution in [0, 0.1) is 0 Å². The first-order valence-electron chi connectivity index (χ1n) is 7.20. The maximum Gasteiger partial charge on any atom is 0.198 e. The quantitative estimate of drug-likeness (QED) is 0.620. The number of rotatable bonds is 2. The van der Waals surface area contributed by atoms with Crippen LogP contribution in [0.2, 0.25) is 0 Å². The van der Waals surface area contributed by atoms with Crippen LogP contribution in [0.4, 0.5) is 0 Å². The molecule has 0 unspecified atom stereocenters. The molecule has 0 saturated heterocycles. The summed E-state index contributed by atoms with van der Waals surface area (Å²) in [6.07, 6.45) is 4.55. The van der Waals surface area contributed by atoms with Crippen molar-refractivity contribution in [3.63, 3.8) is 0 Å². The number of benzene rings is 1. The molecule has 0 heterocycles. The highest BCUT2D eigenvalue weighted by Crippen LogP contribution is 2.40. The van der Waals surface area contributed by atoms with E-state index in [4.69, 9.17) is 0 Å². The lowest BCUT2D eigenvalue weighted by Crippen LogP contribution is -2.08. The first-order valence-corrected chi connectivity index (χ1v) is 7.20. The zero-order valence-corrected chi connectivity index (χ0v) is 12.7. The van der Waals surface area contributed by atoms with Crippen molar-refractivity contribution < 1.29 is 14.4 Å². The molecule has 3 nitrogen and oxygen atoms in total. The first kappa shape index (κ1) is 14.9. The summed E-state index contributed by atoms with van der Waals surface area (Å²) >= 11 is 0. The summed E-state index contributed by atoms with van der Waals surface area (Å²) in [5.41, 5.74) is 2.36. The van der Waals surface area contributed by atoms with Gasteiger partial charge in [0.2, 0.25) is 0 Å². The standard InChI is InChI=1S/C20H14O3/c1-4-11-12(5-2)18(21)13(6-3)16(11)17-19(22)14-9-7-8-10-15(14)20(17)23/h4-10H,1-2H2,3H3/b13-6+. The molecule has 1 aromatic carbocycles. The molecular weight excluding hydrogens is 288 g/mol. The summed E-state index contributed by atoms with van der Waals surface area (Å²) in [7, 11) is 0. The van der Waals surface area contributed by atoms with Gasteiger partial charge in [0.1, 0.15) is 0 Å². The molecule has 23 heavy (non-hydrogen) atoms. The van der Waals surface area contributed by atoms with Crippen molar-refractivity contribution in [1.29, 1.82) is 0 Å². The van der Waals surface area contributed by atoms with Crippen LogP contribution < -0.4 is 0 Å². The van der Waals surface area contributed by atoms with Gasteiger partial charge in [-0.25, -0.2) is 0 Å². The Kier molecular flexibility index (Phi) is 3.41. The van der Waals surface area contributed by atoms with Crippen molar-refractivity contribution >= 4 is 17.3 Å². The lowest BCUT2D eigenvalue weighted by atomic mass is 9.94. The summed E-state index contributed by atoms with van der Waals surface area (Å²) in [5, 5.41) is 0. The van der Waals surface area contributed by atoms with Crippen molar-refractivity contribution in [2.75, 3.05) is 0 Å². The maximum absolute atomic E-state index is 12.7. The van der Waals surface area contributed by atoms with E-state index in [0.717, 1.165) is 0 Å². The molecule has 0 bridgehead atoms. The van der Waals surface area contributed by atoms with Crippen LogP contribution in [0.25, 0.3) is 0 Å². The van der Waals surface area contributed by atoms with Crippen LogP contribution in [0.5, 0.6) is 0 Å². The highest BCUT2D eigenvalue weighted by molar-refractivity contribution is 6.41. The molecule has 0 radical (unpaired) electrons. The number of fused-ring (bicyclic) bond motifs is 1. The largest absolute Gasteiger partial charge is 0.289 e. The minimum atomic E-state index is -0.350. The third-order valence-electron chi connectivity index (χ3n) is 4.14. The van der Waals surface area contributed by atoms with E-state index in [0.29, 0.717) is 33.4 Å². The van der Waals surface area contributed by atoms with E-state index in [9.17, 15) is 14.4 Å². The Labute approximate surface area is 134 Å².